The molecule has 25 heavy (non-hydrogen) atoms. The van der Waals surface area contributed by atoms with Crippen LogP contribution in [0.25, 0.3) is 0 Å². The van der Waals surface area contributed by atoms with Gasteiger partial charge in [-0.3, -0.25) is 0 Å². The fraction of sp³-hybridized carbons (Fsp3) is 0.304. The van der Waals surface area contributed by atoms with Crippen LogP contribution in [0.4, 0.5) is 0 Å². The summed E-state index contributed by atoms with van der Waals surface area (Å²) in [7, 11) is -2.34. The van der Waals surface area contributed by atoms with Gasteiger partial charge in [0.25, 0.3) is 0 Å². The Hall–Kier alpha value is -2.08. The molecule has 0 aliphatic heterocycles. The number of aliphatic hydroxyl groups is 1. The van der Waals surface area contributed by atoms with Crippen LogP contribution in [0.1, 0.15) is 33.6 Å². The molecule has 2 heteroatoms. The number of aliphatic hydroxyl groups excluding tert-OH is 1. The minimum absolute atomic E-state index is 0.0199. The lowest BCUT2D eigenvalue weighted by molar-refractivity contribution is 0.184. The quantitative estimate of drug-likeness (QED) is 0.493. The van der Waals surface area contributed by atoms with Crippen molar-refractivity contribution >= 4 is 18.4 Å². The highest BCUT2D eigenvalue weighted by Gasteiger charge is 2.46. The lowest BCUT2D eigenvalue weighted by Gasteiger charge is -2.39. The van der Waals surface area contributed by atoms with Gasteiger partial charge in [-0.05, 0) is 21.8 Å². The van der Waals surface area contributed by atoms with Crippen LogP contribution in [0.3, 0.4) is 0 Å². The molecule has 0 spiro atoms. The van der Waals surface area contributed by atoms with Crippen LogP contribution in [0.5, 0.6) is 0 Å². The maximum atomic E-state index is 10.0. The van der Waals surface area contributed by atoms with Gasteiger partial charge >= 0.3 is 0 Å². The minimum atomic E-state index is -2.34. The summed E-state index contributed by atoms with van der Waals surface area (Å²) < 4.78 is 0. The highest BCUT2D eigenvalue weighted by molar-refractivity contribution is 7.10. The van der Waals surface area contributed by atoms with E-state index in [4.69, 9.17) is 0 Å². The molecular formula is C23H28OSi. The number of hydrogen-bond acceptors (Lipinski definition) is 1. The molecular weight excluding hydrogens is 320 g/mol. The standard InChI is InChI=1S/C23H28OSi/c1-5-13-20(24)14-12-19-25(23(2,3)4,21-15-8-6-9-16-21)22-17-10-7-11-18-22/h5-11,15-18,20,24H,1,13-14H2,2-4H3. The van der Waals surface area contributed by atoms with E-state index in [1.807, 2.05) is 0 Å². The number of benzene rings is 2. The van der Waals surface area contributed by atoms with Gasteiger partial charge in [0.2, 0.25) is 8.07 Å². The van der Waals surface area contributed by atoms with E-state index >= 15 is 0 Å². The van der Waals surface area contributed by atoms with Gasteiger partial charge in [-0.15, -0.1) is 18.0 Å². The van der Waals surface area contributed by atoms with Crippen molar-refractivity contribution in [2.75, 3.05) is 0 Å². The zero-order valence-electron chi connectivity index (χ0n) is 15.5. The Kier molecular flexibility index (Phi) is 6.42. The van der Waals surface area contributed by atoms with Gasteiger partial charge < -0.3 is 5.11 Å². The van der Waals surface area contributed by atoms with E-state index in [0.29, 0.717) is 12.8 Å². The van der Waals surface area contributed by atoms with Crippen molar-refractivity contribution < 1.29 is 5.11 Å². The highest BCUT2D eigenvalue weighted by atomic mass is 28.3. The SMILES string of the molecule is C=CCC(O)CC#C[Si](c1ccccc1)(c1ccccc1)C(C)(C)C. The molecule has 1 nitrogen and oxygen atoms in total. The van der Waals surface area contributed by atoms with E-state index < -0.39 is 14.2 Å². The fourth-order valence-corrected chi connectivity index (χ4v) is 7.80. The zero-order chi connectivity index (χ0) is 18.3. The first-order valence-corrected chi connectivity index (χ1v) is 10.8. The molecule has 0 fully saturated rings. The van der Waals surface area contributed by atoms with E-state index in [1.165, 1.54) is 10.4 Å². The second-order valence-corrected chi connectivity index (χ2v) is 11.8. The predicted octanol–water partition coefficient (Wildman–Crippen LogP) is 3.92. The normalized spacial score (nSPS) is 12.8. The van der Waals surface area contributed by atoms with Crippen molar-refractivity contribution in [3.63, 3.8) is 0 Å². The van der Waals surface area contributed by atoms with Gasteiger partial charge in [0.1, 0.15) is 0 Å². The molecule has 2 rings (SSSR count). The van der Waals surface area contributed by atoms with E-state index in [-0.39, 0.29) is 5.04 Å². The second-order valence-electron chi connectivity index (χ2n) is 7.42. The Labute approximate surface area is 153 Å². The van der Waals surface area contributed by atoms with Gasteiger partial charge in [0, 0.05) is 6.42 Å². The van der Waals surface area contributed by atoms with Crippen molar-refractivity contribution in [3.8, 4) is 11.5 Å². The van der Waals surface area contributed by atoms with Crippen LogP contribution < -0.4 is 10.4 Å². The molecule has 0 saturated carbocycles. The van der Waals surface area contributed by atoms with Crippen LogP contribution in [0, 0.1) is 11.5 Å². The summed E-state index contributed by atoms with van der Waals surface area (Å²) in [5.74, 6) is 3.33. The van der Waals surface area contributed by atoms with Crippen molar-refractivity contribution in [2.24, 2.45) is 0 Å². The highest BCUT2D eigenvalue weighted by Crippen LogP contribution is 2.35. The van der Waals surface area contributed by atoms with Crippen LogP contribution >= 0.6 is 0 Å². The molecule has 2 aromatic carbocycles. The maximum Gasteiger partial charge on any atom is 0.204 e. The van der Waals surface area contributed by atoms with Crippen LogP contribution in [-0.2, 0) is 0 Å². The molecule has 2 aromatic rings. The summed E-state index contributed by atoms with van der Waals surface area (Å²) in [6.45, 7) is 10.5. The minimum Gasteiger partial charge on any atom is -0.392 e. The summed E-state index contributed by atoms with van der Waals surface area (Å²) in [5.41, 5.74) is 3.69. The molecule has 1 atom stereocenters. The lowest BCUT2D eigenvalue weighted by atomic mass is 10.2. The first-order valence-electron chi connectivity index (χ1n) is 8.82. The molecule has 0 aliphatic rings. The average Bonchev–Trinajstić information content (AvgIpc) is 2.59. The van der Waals surface area contributed by atoms with Crippen molar-refractivity contribution in [2.45, 2.75) is 44.8 Å². The van der Waals surface area contributed by atoms with Gasteiger partial charge in [0.05, 0.1) is 6.10 Å². The molecule has 130 valence electrons. The summed E-state index contributed by atoms with van der Waals surface area (Å²) in [6, 6.07) is 21.3. The molecule has 0 radical (unpaired) electrons. The smallest absolute Gasteiger partial charge is 0.204 e. The summed E-state index contributed by atoms with van der Waals surface area (Å²) in [6.07, 6.45) is 2.37. The lowest BCUT2D eigenvalue weighted by Crippen LogP contribution is -2.63. The third-order valence-corrected chi connectivity index (χ3v) is 9.79. The topological polar surface area (TPSA) is 20.2 Å². The molecule has 0 heterocycles. The Morgan fingerprint density at radius 3 is 1.88 bits per heavy atom. The van der Waals surface area contributed by atoms with E-state index in [2.05, 4.69) is 99.5 Å². The Bertz CT molecular complexity index is 693. The Morgan fingerprint density at radius 2 is 1.48 bits per heavy atom. The fourth-order valence-electron chi connectivity index (χ4n) is 3.32. The first-order chi connectivity index (χ1) is 11.9. The van der Waals surface area contributed by atoms with E-state index in [1.54, 1.807) is 6.08 Å². The van der Waals surface area contributed by atoms with E-state index in [9.17, 15) is 5.11 Å². The van der Waals surface area contributed by atoms with Crippen molar-refractivity contribution in [1.29, 1.82) is 0 Å². The van der Waals surface area contributed by atoms with Crippen molar-refractivity contribution in [1.82, 2.24) is 0 Å². The van der Waals surface area contributed by atoms with Crippen LogP contribution in [0.2, 0.25) is 5.04 Å². The third kappa shape index (κ3) is 4.31. The summed E-state index contributed by atoms with van der Waals surface area (Å²) in [5, 5.41) is 12.7. The molecule has 1 N–H and O–H groups in total. The molecule has 0 saturated heterocycles. The maximum absolute atomic E-state index is 10.0. The molecule has 0 aliphatic carbocycles. The third-order valence-electron chi connectivity index (χ3n) is 4.59. The number of rotatable bonds is 5. The van der Waals surface area contributed by atoms with Crippen LogP contribution in [0.15, 0.2) is 73.3 Å². The number of hydrogen-bond donors (Lipinski definition) is 1. The average molecular weight is 349 g/mol. The van der Waals surface area contributed by atoms with Gasteiger partial charge in [-0.1, -0.05) is 87.5 Å². The van der Waals surface area contributed by atoms with Crippen LogP contribution in [-0.4, -0.2) is 19.3 Å². The largest absolute Gasteiger partial charge is 0.392 e. The van der Waals surface area contributed by atoms with E-state index in [0.717, 1.165) is 0 Å². The molecule has 0 amide bonds. The van der Waals surface area contributed by atoms with Gasteiger partial charge in [-0.25, -0.2) is 0 Å². The predicted molar refractivity (Wildman–Crippen MR) is 111 cm³/mol. The Balaban J connectivity index is 2.61. The monoisotopic (exact) mass is 348 g/mol. The molecule has 0 bridgehead atoms. The Morgan fingerprint density at radius 1 is 1.00 bits per heavy atom. The molecule has 1 unspecified atom stereocenters. The summed E-state index contributed by atoms with van der Waals surface area (Å²) >= 11 is 0. The second kappa shape index (κ2) is 8.34. The van der Waals surface area contributed by atoms with Gasteiger partial charge in [-0.2, -0.15) is 0 Å². The van der Waals surface area contributed by atoms with Gasteiger partial charge in [0.15, 0.2) is 0 Å². The summed E-state index contributed by atoms with van der Waals surface area (Å²) in [4.78, 5) is 0. The van der Waals surface area contributed by atoms with Crippen molar-refractivity contribution in [3.05, 3.63) is 73.3 Å². The zero-order valence-corrected chi connectivity index (χ0v) is 16.5. The molecule has 0 aromatic heterocycles. The first kappa shape index (κ1) is 19.2.